The van der Waals surface area contributed by atoms with Gasteiger partial charge in [-0.3, -0.25) is 4.79 Å². The summed E-state index contributed by atoms with van der Waals surface area (Å²) in [6.45, 7) is -0.913. The van der Waals surface area contributed by atoms with Crippen LogP contribution in [-0.4, -0.2) is 69.1 Å². The van der Waals surface area contributed by atoms with Crippen LogP contribution in [0.25, 0.3) is 0 Å². The van der Waals surface area contributed by atoms with E-state index in [4.69, 9.17) is 16.6 Å². The average Bonchev–Trinajstić information content (AvgIpc) is 2.54. The van der Waals surface area contributed by atoms with E-state index in [0.717, 1.165) is 0 Å². The second-order valence-corrected chi connectivity index (χ2v) is 5.68. The first kappa shape index (κ1) is 20.4. The first-order valence-corrected chi connectivity index (χ1v) is 7.33. The van der Waals surface area contributed by atoms with Crippen LogP contribution in [0.4, 0.5) is 8.78 Å². The minimum absolute atomic E-state index is 0.0188. The lowest BCUT2D eigenvalue weighted by Gasteiger charge is -2.42. The van der Waals surface area contributed by atoms with Crippen molar-refractivity contribution in [3.8, 4) is 12.3 Å². The predicted octanol–water partition coefficient (Wildman–Crippen LogP) is -0.433. The molecule has 1 aliphatic rings. The highest BCUT2D eigenvalue weighted by Gasteiger charge is 2.58. The number of carbonyl (C=O) groups is 2. The number of carboxylic acids is 1. The molecule has 0 aromatic carbocycles. The number of hydrogen-bond acceptors (Lipinski definition) is 6. The average molecular weight is 350 g/mol. The van der Waals surface area contributed by atoms with E-state index in [0.29, 0.717) is 0 Å². The number of ether oxygens (including phenoxy) is 1. The molecule has 1 heterocycles. The summed E-state index contributed by atoms with van der Waals surface area (Å²) in [7, 11) is 0. The molecular weight excluding hydrogens is 330 g/mol. The molecule has 0 aromatic heterocycles. The van der Waals surface area contributed by atoms with Gasteiger partial charge in [0.25, 0.3) is 0 Å². The van der Waals surface area contributed by atoms with Gasteiger partial charge in [-0.2, -0.15) is 4.39 Å². The fourth-order valence-electron chi connectivity index (χ4n) is 2.59. The van der Waals surface area contributed by atoms with Crippen LogP contribution >= 0.6 is 0 Å². The second-order valence-electron chi connectivity index (χ2n) is 5.68. The van der Waals surface area contributed by atoms with Crippen molar-refractivity contribution in [3.63, 3.8) is 0 Å². The number of carboxylic acid groups (broad SMARTS) is 1. The number of hydrogen-bond donors (Lipinski definition) is 4. The summed E-state index contributed by atoms with van der Waals surface area (Å²) in [5.41, 5.74) is 0. The van der Waals surface area contributed by atoms with Crippen LogP contribution in [0.1, 0.15) is 25.7 Å². The molecule has 4 unspecified atom stereocenters. The molecule has 9 heteroatoms. The third kappa shape index (κ3) is 4.48. The highest BCUT2D eigenvalue weighted by Crippen LogP contribution is 2.40. The first-order valence-electron chi connectivity index (χ1n) is 7.33. The molecule has 0 bridgehead atoms. The molecule has 0 aromatic rings. The maximum atomic E-state index is 14.2. The van der Waals surface area contributed by atoms with Crippen LogP contribution in [0.15, 0.2) is 0 Å². The van der Waals surface area contributed by atoms with E-state index in [1.54, 1.807) is 0 Å². The third-order valence-corrected chi connectivity index (χ3v) is 3.93. The molecule has 0 saturated carbocycles. The van der Waals surface area contributed by atoms with Crippen molar-refractivity contribution in [1.82, 2.24) is 0 Å². The normalized spacial score (nSPS) is 32.6. The van der Waals surface area contributed by atoms with Gasteiger partial charge in [-0.15, -0.1) is 12.3 Å². The van der Waals surface area contributed by atoms with Gasteiger partial charge < -0.3 is 25.2 Å². The largest absolute Gasteiger partial charge is 0.477 e. The smallest absolute Gasteiger partial charge is 0.372 e. The third-order valence-electron chi connectivity index (χ3n) is 3.93. The zero-order valence-electron chi connectivity index (χ0n) is 12.8. The van der Waals surface area contributed by atoms with E-state index in [1.165, 1.54) is 0 Å². The van der Waals surface area contributed by atoms with E-state index in [1.807, 2.05) is 0 Å². The summed E-state index contributed by atoms with van der Waals surface area (Å²) in [6.07, 6.45) is -3.80. The Balaban J connectivity index is 3.00. The highest BCUT2D eigenvalue weighted by atomic mass is 19.2. The molecule has 4 N–H and O–H groups in total. The lowest BCUT2D eigenvalue weighted by atomic mass is 9.81. The summed E-state index contributed by atoms with van der Waals surface area (Å²) in [5, 5.41) is 37.1. The van der Waals surface area contributed by atoms with Gasteiger partial charge in [0, 0.05) is 19.3 Å². The Bertz CT molecular complexity index is 507. The second kappa shape index (κ2) is 8.48. The fourth-order valence-corrected chi connectivity index (χ4v) is 2.59. The molecule has 24 heavy (non-hydrogen) atoms. The zero-order chi connectivity index (χ0) is 18.5. The Morgan fingerprint density at radius 2 is 2.04 bits per heavy atom. The number of Topliss-reactive ketones (excluding diaryl/α,β-unsaturated/α-hetero) is 1. The lowest BCUT2D eigenvalue weighted by Crippen LogP contribution is -2.59. The number of carbonyl (C=O) groups excluding carboxylic acids is 1. The van der Waals surface area contributed by atoms with Crippen molar-refractivity contribution in [2.45, 2.75) is 56.0 Å². The molecule has 0 aliphatic carbocycles. The molecule has 1 saturated heterocycles. The van der Waals surface area contributed by atoms with Gasteiger partial charge in [-0.25, -0.2) is 9.18 Å². The zero-order valence-corrected chi connectivity index (χ0v) is 12.8. The van der Waals surface area contributed by atoms with Crippen LogP contribution in [0, 0.1) is 18.3 Å². The maximum Gasteiger partial charge on any atom is 0.372 e. The molecule has 0 amide bonds. The Hall–Kier alpha value is -1.60. The quantitative estimate of drug-likeness (QED) is 0.438. The molecule has 1 rings (SSSR count). The Morgan fingerprint density at radius 3 is 2.54 bits per heavy atom. The lowest BCUT2D eigenvalue weighted by molar-refractivity contribution is -0.280. The van der Waals surface area contributed by atoms with Crippen LogP contribution in [0.2, 0.25) is 0 Å². The monoisotopic (exact) mass is 350 g/mol. The first-order chi connectivity index (χ1) is 11.2. The Labute approximate surface area is 137 Å². The minimum Gasteiger partial charge on any atom is -0.477 e. The molecule has 1 fully saturated rings. The summed E-state index contributed by atoms with van der Waals surface area (Å²) < 4.78 is 32.7. The van der Waals surface area contributed by atoms with E-state index >= 15 is 0 Å². The molecular formula is C15H20F2O7. The van der Waals surface area contributed by atoms with Crippen molar-refractivity contribution >= 4 is 11.8 Å². The summed E-state index contributed by atoms with van der Waals surface area (Å²) >= 11 is 0. The topological polar surface area (TPSA) is 124 Å². The van der Waals surface area contributed by atoms with Gasteiger partial charge in [-0.1, -0.05) is 0 Å². The number of ketones is 1. The minimum atomic E-state index is -3.71. The van der Waals surface area contributed by atoms with Crippen molar-refractivity contribution in [1.29, 1.82) is 0 Å². The molecule has 0 spiro atoms. The van der Waals surface area contributed by atoms with Crippen LogP contribution < -0.4 is 0 Å². The summed E-state index contributed by atoms with van der Waals surface area (Å²) in [5.74, 6) is -5.16. The van der Waals surface area contributed by atoms with Crippen molar-refractivity contribution in [2.75, 3.05) is 6.61 Å². The van der Waals surface area contributed by atoms with E-state index < -0.39 is 61.0 Å². The molecule has 1 aliphatic heterocycles. The standard InChI is InChI=1S/C15H20F2O7/c1-2-3-4-9(19)5-8-6-11(16)15(17,14(22)23)24-13(8)12(21)10(20)7-18/h1,8,10-13,18,20-21H,3-7H2,(H,22,23)/t8?,10-,11?,12-,13?,15?/m1/s1. The van der Waals surface area contributed by atoms with Gasteiger partial charge in [-0.05, 0) is 12.3 Å². The molecule has 6 atom stereocenters. The van der Waals surface area contributed by atoms with Gasteiger partial charge >= 0.3 is 11.8 Å². The predicted molar refractivity (Wildman–Crippen MR) is 76.1 cm³/mol. The fraction of sp³-hybridized carbons (Fsp3) is 0.733. The number of rotatable bonds is 8. The van der Waals surface area contributed by atoms with Crippen molar-refractivity contribution in [2.24, 2.45) is 5.92 Å². The summed E-state index contributed by atoms with van der Waals surface area (Å²) in [4.78, 5) is 22.7. The van der Waals surface area contributed by atoms with Crippen molar-refractivity contribution in [3.05, 3.63) is 0 Å². The van der Waals surface area contributed by atoms with E-state index in [2.05, 4.69) is 10.7 Å². The van der Waals surface area contributed by atoms with Crippen molar-refractivity contribution < 1.29 is 43.5 Å². The number of aliphatic hydroxyl groups is 3. The number of aliphatic carboxylic acids is 1. The SMILES string of the molecule is C#CCCC(=O)CC1CC(F)C(F)(C(=O)O)OC1[C@H](O)[C@H](O)CO. The number of halogens is 2. The number of terminal acetylenes is 1. The Morgan fingerprint density at radius 1 is 1.42 bits per heavy atom. The van der Waals surface area contributed by atoms with Crippen LogP contribution in [0.3, 0.4) is 0 Å². The van der Waals surface area contributed by atoms with Gasteiger partial charge in [0.15, 0.2) is 6.17 Å². The van der Waals surface area contributed by atoms with Crippen LogP contribution in [0.5, 0.6) is 0 Å². The number of alkyl halides is 2. The van der Waals surface area contributed by atoms with Gasteiger partial charge in [0.1, 0.15) is 18.0 Å². The van der Waals surface area contributed by atoms with Crippen LogP contribution in [-0.2, 0) is 14.3 Å². The van der Waals surface area contributed by atoms with Gasteiger partial charge in [0.05, 0.1) is 12.7 Å². The Kier molecular flexibility index (Phi) is 7.23. The molecule has 136 valence electrons. The molecule has 0 radical (unpaired) electrons. The number of aliphatic hydroxyl groups excluding tert-OH is 3. The maximum absolute atomic E-state index is 14.2. The highest BCUT2D eigenvalue weighted by molar-refractivity contribution is 5.79. The van der Waals surface area contributed by atoms with E-state index in [-0.39, 0.29) is 19.3 Å². The van der Waals surface area contributed by atoms with E-state index in [9.17, 15) is 28.6 Å². The molecule has 7 nitrogen and oxygen atoms in total. The summed E-state index contributed by atoms with van der Waals surface area (Å²) in [6, 6.07) is 0. The van der Waals surface area contributed by atoms with Gasteiger partial charge in [0.2, 0.25) is 0 Å².